The van der Waals surface area contributed by atoms with Crippen LogP contribution in [0.2, 0.25) is 0 Å². The Bertz CT molecular complexity index is 908. The number of aliphatic hydroxyl groups is 1. The third-order valence-corrected chi connectivity index (χ3v) is 4.16. The molecule has 7 heteroatoms. The van der Waals surface area contributed by atoms with Crippen LogP contribution >= 0.6 is 0 Å². The van der Waals surface area contributed by atoms with E-state index in [1.807, 2.05) is 30.3 Å². The average Bonchev–Trinajstić information content (AvgIpc) is 3.14. The van der Waals surface area contributed by atoms with Crippen LogP contribution in [0, 0.1) is 0 Å². The van der Waals surface area contributed by atoms with Crippen LogP contribution in [-0.4, -0.2) is 53.9 Å². The van der Waals surface area contributed by atoms with Gasteiger partial charge < -0.3 is 19.5 Å². The lowest BCUT2D eigenvalue weighted by molar-refractivity contribution is -0.130. The van der Waals surface area contributed by atoms with Crippen LogP contribution in [0.25, 0.3) is 22.0 Å². The molecule has 0 saturated heterocycles. The number of aromatic nitrogens is 2. The molecule has 0 atom stereocenters. The molecule has 0 saturated carbocycles. The molecule has 1 amide bonds. The number of nitrogens with zero attached hydrogens (tertiary/aromatic N) is 2. The molecule has 1 aromatic heterocycles. The second kappa shape index (κ2) is 7.45. The van der Waals surface area contributed by atoms with Crippen molar-refractivity contribution in [2.24, 2.45) is 0 Å². The molecule has 1 heterocycles. The van der Waals surface area contributed by atoms with Crippen LogP contribution in [-0.2, 0) is 11.4 Å². The summed E-state index contributed by atoms with van der Waals surface area (Å²) in [5, 5.41) is 17.8. The summed E-state index contributed by atoms with van der Waals surface area (Å²) in [5.41, 5.74) is 3.29. The first kappa shape index (κ1) is 17.8. The molecule has 26 heavy (non-hydrogen) atoms. The highest BCUT2D eigenvalue weighted by molar-refractivity contribution is 5.94. The van der Waals surface area contributed by atoms with Gasteiger partial charge in [0.15, 0.2) is 18.1 Å². The molecule has 0 aliphatic rings. The van der Waals surface area contributed by atoms with E-state index in [0.29, 0.717) is 17.1 Å². The number of hydrogen-bond donors (Lipinski definition) is 2. The fourth-order valence-corrected chi connectivity index (χ4v) is 2.73. The van der Waals surface area contributed by atoms with Gasteiger partial charge in [-0.2, -0.15) is 5.10 Å². The molecule has 0 aliphatic heterocycles. The molecule has 0 radical (unpaired) electrons. The van der Waals surface area contributed by atoms with Gasteiger partial charge in [0.1, 0.15) is 0 Å². The van der Waals surface area contributed by atoms with Gasteiger partial charge in [-0.1, -0.05) is 12.1 Å². The number of carbonyl (C=O) groups excluding carboxylic acids is 1. The maximum absolute atomic E-state index is 11.8. The highest BCUT2D eigenvalue weighted by atomic mass is 16.5. The standard InChI is InChI=1S/C19H21N3O4/c1-22(2)18(24)11-26-19-13(10-23)7-12(8-17(19)25-3)14-5-4-6-16-15(14)9-20-21-16/h4-9,23H,10-11H2,1-3H3,(H,20,21). The van der Waals surface area contributed by atoms with Gasteiger partial charge in [-0.05, 0) is 29.3 Å². The molecule has 0 bridgehead atoms. The van der Waals surface area contributed by atoms with E-state index in [1.165, 1.54) is 12.0 Å². The van der Waals surface area contributed by atoms with E-state index < -0.39 is 0 Å². The molecule has 2 aromatic carbocycles. The Morgan fingerprint density at radius 1 is 1.31 bits per heavy atom. The topological polar surface area (TPSA) is 87.7 Å². The van der Waals surface area contributed by atoms with Crippen molar-refractivity contribution in [3.8, 4) is 22.6 Å². The molecular weight excluding hydrogens is 334 g/mol. The summed E-state index contributed by atoms with van der Waals surface area (Å²) in [4.78, 5) is 13.3. The fraction of sp³-hybridized carbons (Fsp3) is 0.263. The van der Waals surface area contributed by atoms with Crippen molar-refractivity contribution in [1.82, 2.24) is 15.1 Å². The summed E-state index contributed by atoms with van der Waals surface area (Å²) in [6, 6.07) is 9.52. The first-order valence-electron chi connectivity index (χ1n) is 8.12. The van der Waals surface area contributed by atoms with E-state index in [2.05, 4.69) is 10.2 Å². The molecule has 136 valence electrons. The lowest BCUT2D eigenvalue weighted by Gasteiger charge is -2.17. The predicted molar refractivity (Wildman–Crippen MR) is 98.2 cm³/mol. The minimum Gasteiger partial charge on any atom is -0.493 e. The van der Waals surface area contributed by atoms with Gasteiger partial charge in [-0.25, -0.2) is 0 Å². The number of benzene rings is 2. The monoisotopic (exact) mass is 355 g/mol. The Hall–Kier alpha value is -3.06. The molecule has 2 N–H and O–H groups in total. The minimum absolute atomic E-state index is 0.132. The number of nitrogens with one attached hydrogen (secondary N) is 1. The van der Waals surface area contributed by atoms with E-state index in [4.69, 9.17) is 9.47 Å². The molecule has 0 aliphatic carbocycles. The summed E-state index contributed by atoms with van der Waals surface area (Å²) < 4.78 is 11.1. The normalized spacial score (nSPS) is 10.8. The highest BCUT2D eigenvalue weighted by Crippen LogP contribution is 2.38. The molecule has 0 unspecified atom stereocenters. The van der Waals surface area contributed by atoms with E-state index in [9.17, 15) is 9.90 Å². The Labute approximate surface area is 151 Å². The Kier molecular flexibility index (Phi) is 5.09. The van der Waals surface area contributed by atoms with E-state index >= 15 is 0 Å². The number of likely N-dealkylation sites (N-methyl/N-ethyl adjacent to an activating group) is 1. The lowest BCUT2D eigenvalue weighted by atomic mass is 9.99. The van der Waals surface area contributed by atoms with Crippen LogP contribution in [0.3, 0.4) is 0 Å². The van der Waals surface area contributed by atoms with Crippen molar-refractivity contribution < 1.29 is 19.4 Å². The van der Waals surface area contributed by atoms with Gasteiger partial charge in [-0.3, -0.25) is 9.89 Å². The quantitative estimate of drug-likeness (QED) is 0.708. The van der Waals surface area contributed by atoms with Crippen molar-refractivity contribution >= 4 is 16.8 Å². The molecule has 0 spiro atoms. The lowest BCUT2D eigenvalue weighted by Crippen LogP contribution is -2.27. The van der Waals surface area contributed by atoms with Gasteiger partial charge >= 0.3 is 0 Å². The van der Waals surface area contributed by atoms with Gasteiger partial charge in [0, 0.05) is 25.0 Å². The van der Waals surface area contributed by atoms with Crippen LogP contribution in [0.4, 0.5) is 0 Å². The largest absolute Gasteiger partial charge is 0.493 e. The van der Waals surface area contributed by atoms with Crippen molar-refractivity contribution in [3.05, 3.63) is 42.1 Å². The second-order valence-corrected chi connectivity index (χ2v) is 6.04. The second-order valence-electron chi connectivity index (χ2n) is 6.04. The van der Waals surface area contributed by atoms with E-state index in [0.717, 1.165) is 22.0 Å². The van der Waals surface area contributed by atoms with Gasteiger partial charge in [0.2, 0.25) is 0 Å². The molecular formula is C19H21N3O4. The molecule has 3 aromatic rings. The highest BCUT2D eigenvalue weighted by Gasteiger charge is 2.17. The number of rotatable bonds is 6. The number of aromatic amines is 1. The Morgan fingerprint density at radius 2 is 2.12 bits per heavy atom. The number of fused-ring (bicyclic) bond motifs is 1. The number of methoxy groups -OCH3 is 1. The number of H-pyrrole nitrogens is 1. The third-order valence-electron chi connectivity index (χ3n) is 4.16. The zero-order valence-corrected chi connectivity index (χ0v) is 14.9. The summed E-state index contributed by atoms with van der Waals surface area (Å²) in [6.45, 7) is -0.371. The van der Waals surface area contributed by atoms with Crippen molar-refractivity contribution in [2.75, 3.05) is 27.8 Å². The van der Waals surface area contributed by atoms with Gasteiger partial charge in [0.05, 0.1) is 25.4 Å². The number of amides is 1. The summed E-state index contributed by atoms with van der Waals surface area (Å²) >= 11 is 0. The molecule has 0 fully saturated rings. The van der Waals surface area contributed by atoms with Crippen molar-refractivity contribution in [2.45, 2.75) is 6.61 Å². The Morgan fingerprint density at radius 3 is 2.81 bits per heavy atom. The summed E-state index contributed by atoms with van der Waals surface area (Å²) in [5.74, 6) is 0.648. The maximum atomic E-state index is 11.8. The van der Waals surface area contributed by atoms with E-state index in [1.54, 1.807) is 20.3 Å². The van der Waals surface area contributed by atoms with Crippen LogP contribution in [0.5, 0.6) is 11.5 Å². The SMILES string of the molecule is COc1cc(-c2cccc3[nH]ncc23)cc(CO)c1OCC(=O)N(C)C. The van der Waals surface area contributed by atoms with Gasteiger partial charge in [-0.15, -0.1) is 0 Å². The summed E-state index contributed by atoms with van der Waals surface area (Å²) in [7, 11) is 4.84. The first-order chi connectivity index (χ1) is 12.5. The van der Waals surface area contributed by atoms with Crippen molar-refractivity contribution in [1.29, 1.82) is 0 Å². The fourth-order valence-electron chi connectivity index (χ4n) is 2.73. The van der Waals surface area contributed by atoms with E-state index in [-0.39, 0.29) is 19.1 Å². The number of carbonyl (C=O) groups is 1. The number of aliphatic hydroxyl groups excluding tert-OH is 1. The zero-order valence-electron chi connectivity index (χ0n) is 14.9. The predicted octanol–water partition coefficient (Wildman–Crippen LogP) is 2.20. The average molecular weight is 355 g/mol. The number of ether oxygens (including phenoxy) is 2. The first-order valence-corrected chi connectivity index (χ1v) is 8.12. The van der Waals surface area contributed by atoms with Crippen LogP contribution in [0.15, 0.2) is 36.5 Å². The Balaban J connectivity index is 2.04. The van der Waals surface area contributed by atoms with Crippen LogP contribution < -0.4 is 9.47 Å². The zero-order chi connectivity index (χ0) is 18.7. The minimum atomic E-state index is -0.239. The number of hydrogen-bond acceptors (Lipinski definition) is 5. The smallest absolute Gasteiger partial charge is 0.259 e. The third kappa shape index (κ3) is 3.34. The van der Waals surface area contributed by atoms with Crippen molar-refractivity contribution in [3.63, 3.8) is 0 Å². The molecule has 7 nitrogen and oxygen atoms in total. The van der Waals surface area contributed by atoms with Crippen LogP contribution in [0.1, 0.15) is 5.56 Å². The summed E-state index contributed by atoms with van der Waals surface area (Å²) in [6.07, 6.45) is 1.76. The molecule has 3 rings (SSSR count). The maximum Gasteiger partial charge on any atom is 0.259 e. The van der Waals surface area contributed by atoms with Gasteiger partial charge in [0.25, 0.3) is 5.91 Å².